The van der Waals surface area contributed by atoms with Crippen LogP contribution in [0.5, 0.6) is 0 Å². The van der Waals surface area contributed by atoms with Crippen molar-refractivity contribution in [2.24, 2.45) is 11.8 Å². The SMILES string of the molecule is C[C@H]1[C@H](C(C)(C)O)[C@@H](CCn2cc([C@H](O)c3ccccc3)nn2)O[C@]12C(=O)N(Cc1ccccc1)c1ccc(N3CCOC3=O)cc12. The van der Waals surface area contributed by atoms with Crippen LogP contribution < -0.4 is 9.80 Å². The number of hydrogen-bond acceptors (Lipinski definition) is 8. The standard InChI is InChI=1S/C36H39N5O6/c1-23-31(35(2,3)45)30(16-17-39-22-28(37-38-39)32(42)25-12-8-5-9-13-25)47-36(23)27-20-26(40-18-19-46-34(40)44)14-15-29(27)41(33(36)43)21-24-10-6-4-7-11-24/h4-15,20,22-23,30-32,42,45H,16-19,21H2,1-3H3/t23-,30+,31-,32+,36+/m0/s1. The van der Waals surface area contributed by atoms with Gasteiger partial charge < -0.3 is 24.6 Å². The van der Waals surface area contributed by atoms with Gasteiger partial charge in [0.1, 0.15) is 18.4 Å². The van der Waals surface area contributed by atoms with Crippen LogP contribution >= 0.6 is 0 Å². The number of aliphatic hydroxyl groups is 2. The summed E-state index contributed by atoms with van der Waals surface area (Å²) < 4.78 is 13.8. The quantitative estimate of drug-likeness (QED) is 0.273. The summed E-state index contributed by atoms with van der Waals surface area (Å²) in [6.07, 6.45) is 0.284. The van der Waals surface area contributed by atoms with Crippen molar-refractivity contribution < 1.29 is 29.3 Å². The molecule has 0 radical (unpaired) electrons. The van der Waals surface area contributed by atoms with Crippen LogP contribution in [0.15, 0.2) is 85.1 Å². The normalized spacial score (nSPS) is 24.7. The Morgan fingerprint density at radius 2 is 1.77 bits per heavy atom. The average molecular weight is 638 g/mol. The summed E-state index contributed by atoms with van der Waals surface area (Å²) in [5.41, 5.74) is 1.56. The van der Waals surface area contributed by atoms with E-state index in [1.807, 2.05) is 85.8 Å². The highest BCUT2D eigenvalue weighted by Crippen LogP contribution is 2.58. The maximum atomic E-state index is 14.8. The monoisotopic (exact) mass is 637 g/mol. The van der Waals surface area contributed by atoms with Gasteiger partial charge in [-0.1, -0.05) is 72.8 Å². The van der Waals surface area contributed by atoms with E-state index in [0.717, 1.165) is 11.1 Å². The molecule has 47 heavy (non-hydrogen) atoms. The van der Waals surface area contributed by atoms with E-state index in [-0.39, 0.29) is 5.91 Å². The molecule has 2 N–H and O–H groups in total. The van der Waals surface area contributed by atoms with Gasteiger partial charge >= 0.3 is 6.09 Å². The number of rotatable bonds is 9. The number of fused-ring (bicyclic) bond motifs is 2. The van der Waals surface area contributed by atoms with Gasteiger partial charge in [-0.2, -0.15) is 0 Å². The van der Waals surface area contributed by atoms with Crippen LogP contribution in [0.3, 0.4) is 0 Å². The maximum absolute atomic E-state index is 14.8. The fourth-order valence-electron chi connectivity index (χ4n) is 7.67. The molecule has 7 rings (SSSR count). The highest BCUT2D eigenvalue weighted by molar-refractivity contribution is 6.08. The van der Waals surface area contributed by atoms with Crippen LogP contribution in [0.25, 0.3) is 0 Å². The highest BCUT2D eigenvalue weighted by Gasteiger charge is 2.65. The largest absolute Gasteiger partial charge is 0.447 e. The minimum atomic E-state index is -1.39. The van der Waals surface area contributed by atoms with Crippen LogP contribution in [-0.4, -0.2) is 62.1 Å². The Kier molecular flexibility index (Phi) is 7.86. The van der Waals surface area contributed by atoms with Crippen molar-refractivity contribution in [1.29, 1.82) is 0 Å². The minimum absolute atomic E-state index is 0.198. The molecule has 2 amide bonds. The molecule has 1 spiro atoms. The fraction of sp³-hybridized carbons (Fsp3) is 0.389. The second-order valence-corrected chi connectivity index (χ2v) is 13.2. The van der Waals surface area contributed by atoms with Crippen LogP contribution in [-0.2, 0) is 33.0 Å². The van der Waals surface area contributed by atoms with Gasteiger partial charge in [0.05, 0.1) is 36.7 Å². The van der Waals surface area contributed by atoms with E-state index >= 15 is 0 Å². The second-order valence-electron chi connectivity index (χ2n) is 13.2. The van der Waals surface area contributed by atoms with Crippen molar-refractivity contribution in [2.75, 3.05) is 23.0 Å². The molecule has 5 atom stereocenters. The molecule has 0 bridgehead atoms. The topological polar surface area (TPSA) is 130 Å². The lowest BCUT2D eigenvalue weighted by atomic mass is 9.70. The maximum Gasteiger partial charge on any atom is 0.414 e. The molecule has 3 aliphatic heterocycles. The van der Waals surface area contributed by atoms with Gasteiger partial charge in [-0.25, -0.2) is 4.79 Å². The summed E-state index contributed by atoms with van der Waals surface area (Å²) in [6, 6.07) is 24.6. The molecule has 0 aliphatic carbocycles. The van der Waals surface area contributed by atoms with E-state index in [4.69, 9.17) is 9.47 Å². The Labute approximate surface area is 273 Å². The Morgan fingerprint density at radius 1 is 1.04 bits per heavy atom. The van der Waals surface area contributed by atoms with Gasteiger partial charge in [0.25, 0.3) is 5.91 Å². The zero-order valence-electron chi connectivity index (χ0n) is 26.7. The number of carbonyl (C=O) groups is 2. The predicted octanol–water partition coefficient (Wildman–Crippen LogP) is 4.57. The van der Waals surface area contributed by atoms with Crippen molar-refractivity contribution in [1.82, 2.24) is 15.0 Å². The number of anilines is 2. The summed E-state index contributed by atoms with van der Waals surface area (Å²) in [7, 11) is 0. The van der Waals surface area contributed by atoms with Crippen LogP contribution in [0, 0.1) is 11.8 Å². The van der Waals surface area contributed by atoms with E-state index < -0.39 is 41.3 Å². The zero-order valence-corrected chi connectivity index (χ0v) is 26.7. The zero-order chi connectivity index (χ0) is 32.9. The molecule has 0 saturated carbocycles. The Morgan fingerprint density at radius 3 is 2.45 bits per heavy atom. The molecule has 4 aromatic rings. The fourth-order valence-corrected chi connectivity index (χ4v) is 7.67. The van der Waals surface area contributed by atoms with Crippen molar-refractivity contribution in [3.63, 3.8) is 0 Å². The molecule has 2 fully saturated rings. The number of aromatic nitrogens is 3. The number of aryl methyl sites for hydroxylation is 1. The molecular formula is C36H39N5O6. The van der Waals surface area contributed by atoms with Gasteiger partial charge in [0, 0.05) is 29.6 Å². The summed E-state index contributed by atoms with van der Waals surface area (Å²) >= 11 is 0. The lowest BCUT2D eigenvalue weighted by molar-refractivity contribution is -0.146. The van der Waals surface area contributed by atoms with E-state index in [0.29, 0.717) is 55.3 Å². The van der Waals surface area contributed by atoms with E-state index in [1.54, 1.807) is 34.5 Å². The molecule has 2 saturated heterocycles. The smallest absolute Gasteiger partial charge is 0.414 e. The lowest BCUT2D eigenvalue weighted by Crippen LogP contribution is -2.46. The van der Waals surface area contributed by atoms with Gasteiger partial charge in [0.2, 0.25) is 0 Å². The molecule has 0 unspecified atom stereocenters. The summed E-state index contributed by atoms with van der Waals surface area (Å²) in [5.74, 6) is -1.04. The van der Waals surface area contributed by atoms with Crippen LogP contribution in [0.2, 0.25) is 0 Å². The number of benzene rings is 3. The Hall–Kier alpha value is -4.58. The summed E-state index contributed by atoms with van der Waals surface area (Å²) in [6.45, 7) is 6.93. The first-order valence-electron chi connectivity index (χ1n) is 16.1. The van der Waals surface area contributed by atoms with Crippen LogP contribution in [0.1, 0.15) is 55.7 Å². The van der Waals surface area contributed by atoms with E-state index in [1.165, 1.54) is 0 Å². The van der Waals surface area contributed by atoms with Gasteiger partial charge in [-0.3, -0.25) is 14.4 Å². The minimum Gasteiger partial charge on any atom is -0.447 e. The molecule has 3 aromatic carbocycles. The molecule has 1 aromatic heterocycles. The molecule has 11 nitrogen and oxygen atoms in total. The predicted molar refractivity (Wildman–Crippen MR) is 173 cm³/mol. The Balaban J connectivity index is 1.22. The van der Waals surface area contributed by atoms with E-state index in [2.05, 4.69) is 10.3 Å². The van der Waals surface area contributed by atoms with Crippen LogP contribution in [0.4, 0.5) is 16.2 Å². The first kappa shape index (κ1) is 31.0. The third kappa shape index (κ3) is 5.38. The third-order valence-corrected chi connectivity index (χ3v) is 9.82. The number of cyclic esters (lactones) is 1. The van der Waals surface area contributed by atoms with Gasteiger partial charge in [-0.05, 0) is 49.6 Å². The van der Waals surface area contributed by atoms with E-state index in [9.17, 15) is 19.8 Å². The van der Waals surface area contributed by atoms with Gasteiger partial charge in [-0.15, -0.1) is 5.10 Å². The van der Waals surface area contributed by atoms with Crippen molar-refractivity contribution in [3.8, 4) is 0 Å². The molecule has 4 heterocycles. The first-order chi connectivity index (χ1) is 22.6. The number of carbonyl (C=O) groups excluding carboxylic acids is 2. The summed E-state index contributed by atoms with van der Waals surface area (Å²) in [4.78, 5) is 30.6. The lowest BCUT2D eigenvalue weighted by Gasteiger charge is -2.34. The highest BCUT2D eigenvalue weighted by atomic mass is 16.6. The third-order valence-electron chi connectivity index (χ3n) is 9.82. The molecule has 11 heteroatoms. The molecular weight excluding hydrogens is 598 g/mol. The number of amides is 2. The number of aliphatic hydroxyl groups excluding tert-OH is 1. The number of nitrogens with zero attached hydrogens (tertiary/aromatic N) is 5. The number of ether oxygens (including phenoxy) is 2. The Bertz CT molecular complexity index is 1770. The average Bonchev–Trinajstić information content (AvgIpc) is 3.83. The second kappa shape index (κ2) is 11.9. The first-order valence-corrected chi connectivity index (χ1v) is 16.1. The van der Waals surface area contributed by atoms with Crippen molar-refractivity contribution in [2.45, 2.75) is 63.7 Å². The summed E-state index contributed by atoms with van der Waals surface area (Å²) in [5, 5.41) is 30.8. The number of hydrogen-bond donors (Lipinski definition) is 2. The van der Waals surface area contributed by atoms with Crippen molar-refractivity contribution in [3.05, 3.63) is 107 Å². The molecule has 3 aliphatic rings. The molecule has 244 valence electrons. The van der Waals surface area contributed by atoms with Crippen molar-refractivity contribution >= 4 is 23.4 Å². The van der Waals surface area contributed by atoms with Gasteiger partial charge in [0.15, 0.2) is 5.60 Å².